The molecule has 0 saturated heterocycles. The Morgan fingerprint density at radius 2 is 2.04 bits per heavy atom. The highest BCUT2D eigenvalue weighted by Gasteiger charge is 2.21. The number of rotatable bonds is 6. The third kappa shape index (κ3) is 4.40. The number of benzene rings is 2. The van der Waals surface area contributed by atoms with E-state index in [-0.39, 0.29) is 12.5 Å². The fraction of sp³-hybridized carbons (Fsp3) is 0.381. The SMILES string of the molecule is CCCc1ccc(NC(=O)COc2cccc3c2CCC[C@@H]3O)cc1. The summed E-state index contributed by atoms with van der Waals surface area (Å²) in [4.78, 5) is 12.1. The van der Waals surface area contributed by atoms with Crippen molar-refractivity contribution >= 4 is 11.6 Å². The Morgan fingerprint density at radius 1 is 1.24 bits per heavy atom. The van der Waals surface area contributed by atoms with Crippen LogP contribution in [0.4, 0.5) is 5.69 Å². The Morgan fingerprint density at radius 3 is 2.80 bits per heavy atom. The molecule has 25 heavy (non-hydrogen) atoms. The van der Waals surface area contributed by atoms with Crippen LogP contribution in [0, 0.1) is 0 Å². The van der Waals surface area contributed by atoms with Gasteiger partial charge in [0.15, 0.2) is 6.61 Å². The monoisotopic (exact) mass is 339 g/mol. The van der Waals surface area contributed by atoms with Crippen molar-refractivity contribution < 1.29 is 14.6 Å². The molecule has 1 aliphatic carbocycles. The third-order valence-corrected chi connectivity index (χ3v) is 4.57. The molecule has 2 aromatic carbocycles. The smallest absolute Gasteiger partial charge is 0.262 e. The average molecular weight is 339 g/mol. The van der Waals surface area contributed by atoms with Gasteiger partial charge in [0.25, 0.3) is 5.91 Å². The van der Waals surface area contributed by atoms with E-state index in [1.807, 2.05) is 42.5 Å². The van der Waals surface area contributed by atoms with E-state index in [9.17, 15) is 9.90 Å². The number of amides is 1. The molecule has 0 saturated carbocycles. The second-order valence-corrected chi connectivity index (χ2v) is 6.52. The van der Waals surface area contributed by atoms with Gasteiger partial charge in [-0.15, -0.1) is 0 Å². The molecule has 0 aliphatic heterocycles. The quantitative estimate of drug-likeness (QED) is 0.835. The van der Waals surface area contributed by atoms with Crippen molar-refractivity contribution in [2.45, 2.75) is 45.1 Å². The van der Waals surface area contributed by atoms with Crippen molar-refractivity contribution in [1.82, 2.24) is 0 Å². The van der Waals surface area contributed by atoms with Crippen molar-refractivity contribution in [3.63, 3.8) is 0 Å². The molecule has 0 bridgehead atoms. The summed E-state index contributed by atoms with van der Waals surface area (Å²) >= 11 is 0. The number of aliphatic hydroxyl groups excluding tert-OH is 1. The zero-order chi connectivity index (χ0) is 17.6. The molecule has 1 aliphatic rings. The summed E-state index contributed by atoms with van der Waals surface area (Å²) in [7, 11) is 0. The van der Waals surface area contributed by atoms with E-state index >= 15 is 0 Å². The first-order valence-corrected chi connectivity index (χ1v) is 8.99. The molecule has 1 amide bonds. The van der Waals surface area contributed by atoms with E-state index in [0.29, 0.717) is 5.75 Å². The highest BCUT2D eigenvalue weighted by atomic mass is 16.5. The van der Waals surface area contributed by atoms with E-state index in [0.717, 1.165) is 48.9 Å². The molecule has 0 spiro atoms. The average Bonchev–Trinajstić information content (AvgIpc) is 2.62. The van der Waals surface area contributed by atoms with Crippen LogP contribution in [0.5, 0.6) is 5.75 Å². The normalized spacial score (nSPS) is 16.2. The minimum Gasteiger partial charge on any atom is -0.483 e. The van der Waals surface area contributed by atoms with Gasteiger partial charge in [-0.1, -0.05) is 37.6 Å². The molecule has 3 rings (SSSR count). The first-order valence-electron chi connectivity index (χ1n) is 8.99. The molecular formula is C21H25NO3. The number of hydrogen-bond acceptors (Lipinski definition) is 3. The van der Waals surface area contributed by atoms with Crippen LogP contribution in [0.25, 0.3) is 0 Å². The maximum atomic E-state index is 12.1. The zero-order valence-electron chi connectivity index (χ0n) is 14.6. The largest absolute Gasteiger partial charge is 0.483 e. The summed E-state index contributed by atoms with van der Waals surface area (Å²) in [6, 6.07) is 13.6. The molecule has 132 valence electrons. The first-order chi connectivity index (χ1) is 12.2. The molecule has 0 aromatic heterocycles. The van der Waals surface area contributed by atoms with Gasteiger partial charge in [-0.2, -0.15) is 0 Å². The number of aryl methyl sites for hydroxylation is 1. The van der Waals surface area contributed by atoms with Crippen LogP contribution in [0.2, 0.25) is 0 Å². The summed E-state index contributed by atoms with van der Waals surface area (Å²) in [5, 5.41) is 12.9. The number of fused-ring (bicyclic) bond motifs is 1. The molecule has 0 heterocycles. The summed E-state index contributed by atoms with van der Waals surface area (Å²) in [5.41, 5.74) is 4.00. The molecular weight excluding hydrogens is 314 g/mol. The van der Waals surface area contributed by atoms with Crippen LogP contribution >= 0.6 is 0 Å². The lowest BCUT2D eigenvalue weighted by molar-refractivity contribution is -0.118. The van der Waals surface area contributed by atoms with Gasteiger partial charge in [0, 0.05) is 5.69 Å². The van der Waals surface area contributed by atoms with Crippen LogP contribution < -0.4 is 10.1 Å². The maximum absolute atomic E-state index is 12.1. The Balaban J connectivity index is 1.58. The van der Waals surface area contributed by atoms with Gasteiger partial charge in [0.2, 0.25) is 0 Å². The van der Waals surface area contributed by atoms with Gasteiger partial charge < -0.3 is 15.2 Å². The summed E-state index contributed by atoms with van der Waals surface area (Å²) in [5.74, 6) is 0.516. The predicted octanol–water partition coefficient (Wildman–Crippen LogP) is 4.03. The highest BCUT2D eigenvalue weighted by molar-refractivity contribution is 5.91. The van der Waals surface area contributed by atoms with Gasteiger partial charge in [-0.25, -0.2) is 0 Å². The summed E-state index contributed by atoms with van der Waals surface area (Å²) in [6.07, 6.45) is 4.32. The molecule has 0 fully saturated rings. The van der Waals surface area contributed by atoms with Crippen LogP contribution in [-0.2, 0) is 17.6 Å². The maximum Gasteiger partial charge on any atom is 0.262 e. The van der Waals surface area contributed by atoms with Crippen molar-refractivity contribution in [3.05, 3.63) is 59.2 Å². The minimum absolute atomic E-state index is 0.0384. The molecule has 4 nitrogen and oxygen atoms in total. The summed E-state index contributed by atoms with van der Waals surface area (Å²) in [6.45, 7) is 2.11. The highest BCUT2D eigenvalue weighted by Crippen LogP contribution is 2.35. The van der Waals surface area contributed by atoms with Crippen molar-refractivity contribution in [2.75, 3.05) is 11.9 Å². The standard InChI is InChI=1S/C21H25NO3/c1-2-5-15-10-12-16(13-11-15)22-21(24)14-25-20-9-4-6-17-18(20)7-3-8-19(17)23/h4,6,9-13,19,23H,2-3,5,7-8,14H2,1H3,(H,22,24)/t19-/m0/s1. The molecule has 1 atom stereocenters. The van der Waals surface area contributed by atoms with E-state index in [1.165, 1.54) is 5.56 Å². The van der Waals surface area contributed by atoms with Gasteiger partial charge in [-0.05, 0) is 60.6 Å². The lowest BCUT2D eigenvalue weighted by Gasteiger charge is -2.23. The Kier molecular flexibility index (Phi) is 5.71. The number of hydrogen-bond donors (Lipinski definition) is 2. The summed E-state index contributed by atoms with van der Waals surface area (Å²) < 4.78 is 5.73. The van der Waals surface area contributed by atoms with E-state index < -0.39 is 6.10 Å². The van der Waals surface area contributed by atoms with E-state index in [1.54, 1.807) is 0 Å². The lowest BCUT2D eigenvalue weighted by atomic mass is 9.89. The number of anilines is 1. The number of carbonyl (C=O) groups excluding carboxylic acids is 1. The third-order valence-electron chi connectivity index (χ3n) is 4.57. The van der Waals surface area contributed by atoms with Crippen molar-refractivity contribution in [3.8, 4) is 5.75 Å². The van der Waals surface area contributed by atoms with Gasteiger partial charge in [0.1, 0.15) is 5.75 Å². The van der Waals surface area contributed by atoms with Crippen molar-refractivity contribution in [1.29, 1.82) is 0 Å². The lowest BCUT2D eigenvalue weighted by Crippen LogP contribution is -2.21. The fourth-order valence-electron chi connectivity index (χ4n) is 3.31. The van der Waals surface area contributed by atoms with Gasteiger partial charge in [-0.3, -0.25) is 4.79 Å². The number of nitrogens with one attached hydrogen (secondary N) is 1. The molecule has 0 unspecified atom stereocenters. The van der Waals surface area contributed by atoms with Gasteiger partial charge in [0.05, 0.1) is 6.10 Å². The first kappa shape index (κ1) is 17.5. The molecule has 4 heteroatoms. The zero-order valence-corrected chi connectivity index (χ0v) is 14.6. The van der Waals surface area contributed by atoms with Crippen LogP contribution in [0.15, 0.2) is 42.5 Å². The molecule has 2 aromatic rings. The number of aliphatic hydroxyl groups is 1. The van der Waals surface area contributed by atoms with Crippen LogP contribution in [-0.4, -0.2) is 17.6 Å². The van der Waals surface area contributed by atoms with Crippen LogP contribution in [0.3, 0.4) is 0 Å². The fourth-order valence-corrected chi connectivity index (χ4v) is 3.31. The Labute approximate surface area is 148 Å². The van der Waals surface area contributed by atoms with E-state index in [4.69, 9.17) is 4.74 Å². The minimum atomic E-state index is -0.428. The number of ether oxygens (including phenoxy) is 1. The molecule has 2 N–H and O–H groups in total. The Bertz CT molecular complexity index is 724. The molecule has 0 radical (unpaired) electrons. The Hall–Kier alpha value is -2.33. The second kappa shape index (κ2) is 8.17. The second-order valence-electron chi connectivity index (χ2n) is 6.52. The van der Waals surface area contributed by atoms with Crippen LogP contribution in [0.1, 0.15) is 49.0 Å². The van der Waals surface area contributed by atoms with Gasteiger partial charge >= 0.3 is 0 Å². The van der Waals surface area contributed by atoms with E-state index in [2.05, 4.69) is 12.2 Å². The topological polar surface area (TPSA) is 58.6 Å². The number of carbonyl (C=O) groups is 1. The predicted molar refractivity (Wildman–Crippen MR) is 98.9 cm³/mol. The van der Waals surface area contributed by atoms with Crippen molar-refractivity contribution in [2.24, 2.45) is 0 Å².